The number of fused-ring (bicyclic) bond motifs is 4. The van der Waals surface area contributed by atoms with Crippen LogP contribution < -0.4 is 0 Å². The second-order valence-electron chi connectivity index (χ2n) is 17.6. The van der Waals surface area contributed by atoms with Gasteiger partial charge in [-0.05, 0) is 105 Å². The summed E-state index contributed by atoms with van der Waals surface area (Å²) in [5.41, 5.74) is -1.20. The van der Waals surface area contributed by atoms with E-state index in [-0.39, 0.29) is 57.2 Å². The minimum atomic E-state index is -1.26. The van der Waals surface area contributed by atoms with Crippen molar-refractivity contribution in [2.75, 3.05) is 26.3 Å². The number of morpholine rings is 1. The molecule has 0 aromatic heterocycles. The highest BCUT2D eigenvalue weighted by Gasteiger charge is 2.84. The molecule has 2 heterocycles. The van der Waals surface area contributed by atoms with Crippen molar-refractivity contribution >= 4 is 6.09 Å². The van der Waals surface area contributed by atoms with Crippen LogP contribution in [0.25, 0.3) is 0 Å². The normalized spacial score (nSPS) is 52.6. The Morgan fingerprint density at radius 3 is 2.33 bits per heavy atom. The van der Waals surface area contributed by atoms with Crippen LogP contribution in [0.2, 0.25) is 0 Å². The predicted octanol–water partition coefficient (Wildman–Crippen LogP) is 4.77. The van der Waals surface area contributed by atoms with Crippen molar-refractivity contribution < 1.29 is 34.3 Å². The van der Waals surface area contributed by atoms with Crippen molar-refractivity contribution in [2.45, 2.75) is 136 Å². The van der Waals surface area contributed by atoms with Gasteiger partial charge in [0.1, 0.15) is 12.2 Å². The maximum atomic E-state index is 13.1. The zero-order chi connectivity index (χ0) is 31.0. The fourth-order valence-corrected chi connectivity index (χ4v) is 13.1. The van der Waals surface area contributed by atoms with Gasteiger partial charge in [-0.3, -0.25) is 0 Å². The lowest BCUT2D eigenvalue weighted by molar-refractivity contribution is -0.202. The summed E-state index contributed by atoms with van der Waals surface area (Å²) in [5.74, 6) is 1.45. The molecular weight excluding hydrogens is 546 g/mol. The minimum absolute atomic E-state index is 0.0475. The van der Waals surface area contributed by atoms with Crippen LogP contribution in [0.1, 0.15) is 99.8 Å². The van der Waals surface area contributed by atoms with E-state index in [1.54, 1.807) is 18.7 Å². The number of hydrogen-bond acceptors (Lipinski definition) is 7. The standard InChI is InChI=1S/C35H57NO7/c1-20-18-21(27(37)31(4,5)40)42-26-25(20)32(6)12-13-35-19-34(35)11-10-24(43-29(39)36-14-16-41-17-15-36)30(2,3)22(34)8-9-23(35)33(32,7)28(26)38/h20-28,37-38,40H,8-19H2,1-7H3/t20-,21?,22+,23?,24?,25+,26?,27+,28+,32-,33-,34-,35+/m1/s1. The SMILES string of the molecule is C[C@@H]1CC([C@H](O)C(C)(C)O)OC2[C@H]1[C@@]1(C)CC[C@@]34C[C@@]35CCC(OC(=O)N3CCOCC3)C(C)(C)[C@@H]5CCC4[C@]1(C)[C@H]2O. The first kappa shape index (κ1) is 30.7. The molecule has 5 saturated carbocycles. The summed E-state index contributed by atoms with van der Waals surface area (Å²) < 4.78 is 18.4. The van der Waals surface area contributed by atoms with Gasteiger partial charge < -0.3 is 34.4 Å². The summed E-state index contributed by atoms with van der Waals surface area (Å²) in [7, 11) is 0. The largest absolute Gasteiger partial charge is 0.446 e. The molecule has 7 rings (SSSR count). The van der Waals surface area contributed by atoms with Crippen LogP contribution in [-0.2, 0) is 14.2 Å². The summed E-state index contributed by atoms with van der Waals surface area (Å²) in [4.78, 5) is 14.9. The summed E-state index contributed by atoms with van der Waals surface area (Å²) in [6, 6.07) is 0. The quantitative estimate of drug-likeness (QED) is 0.427. The summed E-state index contributed by atoms with van der Waals surface area (Å²) in [6.45, 7) is 17.4. The molecule has 0 aromatic rings. The van der Waals surface area contributed by atoms with Crippen LogP contribution in [0.4, 0.5) is 4.79 Å². The van der Waals surface area contributed by atoms with E-state index in [1.807, 2.05) is 0 Å². The predicted molar refractivity (Wildman–Crippen MR) is 161 cm³/mol. The highest BCUT2D eigenvalue weighted by molar-refractivity contribution is 5.68. The van der Waals surface area contributed by atoms with Crippen LogP contribution in [0, 0.1) is 50.7 Å². The molecule has 0 radical (unpaired) electrons. The van der Waals surface area contributed by atoms with Gasteiger partial charge in [-0.15, -0.1) is 0 Å². The van der Waals surface area contributed by atoms with Crippen molar-refractivity contribution in [2.24, 2.45) is 50.7 Å². The average Bonchev–Trinajstić information content (AvgIpc) is 3.58. The second kappa shape index (κ2) is 9.56. The first-order valence-electron chi connectivity index (χ1n) is 17.3. The van der Waals surface area contributed by atoms with E-state index in [4.69, 9.17) is 14.2 Å². The van der Waals surface area contributed by atoms with Gasteiger partial charge in [-0.1, -0.05) is 34.6 Å². The van der Waals surface area contributed by atoms with Crippen LogP contribution in [0.5, 0.6) is 0 Å². The van der Waals surface area contributed by atoms with E-state index in [0.717, 1.165) is 32.1 Å². The van der Waals surface area contributed by atoms with E-state index in [2.05, 4.69) is 34.6 Å². The lowest BCUT2D eigenvalue weighted by atomic mass is 9.41. The third kappa shape index (κ3) is 3.88. The number of aliphatic hydroxyl groups is 3. The molecule has 0 bridgehead atoms. The molecular formula is C35H57NO7. The van der Waals surface area contributed by atoms with E-state index in [0.29, 0.717) is 44.6 Å². The van der Waals surface area contributed by atoms with Gasteiger partial charge in [0.2, 0.25) is 0 Å². The summed E-state index contributed by atoms with van der Waals surface area (Å²) in [5, 5.41) is 33.9. The van der Waals surface area contributed by atoms with Crippen molar-refractivity contribution in [1.29, 1.82) is 0 Å². The number of nitrogens with zero attached hydrogens (tertiary/aromatic N) is 1. The Hall–Kier alpha value is -0.930. The maximum absolute atomic E-state index is 13.1. The molecule has 2 spiro atoms. The zero-order valence-electron chi connectivity index (χ0n) is 27.6. The molecule has 1 amide bonds. The van der Waals surface area contributed by atoms with Gasteiger partial charge in [-0.2, -0.15) is 0 Å². The Bertz CT molecular complexity index is 1130. The van der Waals surface area contributed by atoms with Gasteiger partial charge in [0.15, 0.2) is 0 Å². The Kier molecular flexibility index (Phi) is 6.82. The molecule has 0 aromatic carbocycles. The molecule has 8 heteroatoms. The number of aliphatic hydroxyl groups excluding tert-OH is 2. The Labute approximate surface area is 258 Å². The second-order valence-corrected chi connectivity index (χ2v) is 17.6. The summed E-state index contributed by atoms with van der Waals surface area (Å²) in [6.07, 6.45) is 5.77. The average molecular weight is 604 g/mol. The minimum Gasteiger partial charge on any atom is -0.446 e. The Morgan fingerprint density at radius 2 is 1.65 bits per heavy atom. The fourth-order valence-electron chi connectivity index (χ4n) is 13.1. The Balaban J connectivity index is 1.14. The molecule has 3 N–H and O–H groups in total. The van der Waals surface area contributed by atoms with Gasteiger partial charge in [-0.25, -0.2) is 4.79 Å². The third-order valence-corrected chi connectivity index (χ3v) is 15.4. The van der Waals surface area contributed by atoms with Crippen LogP contribution >= 0.6 is 0 Å². The first-order valence-corrected chi connectivity index (χ1v) is 17.3. The number of hydrogen-bond donors (Lipinski definition) is 3. The van der Waals surface area contributed by atoms with Gasteiger partial charge in [0, 0.05) is 23.9 Å². The van der Waals surface area contributed by atoms with E-state index in [9.17, 15) is 20.1 Å². The molecule has 2 saturated heterocycles. The molecule has 4 unspecified atom stereocenters. The van der Waals surface area contributed by atoms with Crippen molar-refractivity contribution in [1.82, 2.24) is 4.90 Å². The number of carbonyl (C=O) groups is 1. The van der Waals surface area contributed by atoms with E-state index in [1.165, 1.54) is 12.8 Å². The molecule has 7 fully saturated rings. The smallest absolute Gasteiger partial charge is 0.410 e. The number of amides is 1. The molecule has 43 heavy (non-hydrogen) atoms. The van der Waals surface area contributed by atoms with Gasteiger partial charge in [0.25, 0.3) is 0 Å². The molecule has 7 aliphatic rings. The fraction of sp³-hybridized carbons (Fsp3) is 0.971. The number of ether oxygens (including phenoxy) is 3. The molecule has 8 nitrogen and oxygen atoms in total. The van der Waals surface area contributed by atoms with Crippen molar-refractivity contribution in [3.8, 4) is 0 Å². The number of rotatable bonds is 3. The van der Waals surface area contributed by atoms with Gasteiger partial charge in [0.05, 0.1) is 37.1 Å². The van der Waals surface area contributed by atoms with E-state index < -0.39 is 23.9 Å². The molecule has 244 valence electrons. The van der Waals surface area contributed by atoms with Crippen LogP contribution in [-0.4, -0.2) is 88.7 Å². The number of carbonyl (C=O) groups excluding carboxylic acids is 1. The lowest BCUT2D eigenvalue weighted by Gasteiger charge is -2.63. The molecule has 5 aliphatic carbocycles. The van der Waals surface area contributed by atoms with Crippen molar-refractivity contribution in [3.05, 3.63) is 0 Å². The maximum Gasteiger partial charge on any atom is 0.410 e. The highest BCUT2D eigenvalue weighted by atomic mass is 16.6. The van der Waals surface area contributed by atoms with E-state index >= 15 is 0 Å². The zero-order valence-corrected chi connectivity index (χ0v) is 27.6. The topological polar surface area (TPSA) is 109 Å². The molecule has 2 aliphatic heterocycles. The first-order chi connectivity index (χ1) is 20.0. The lowest BCUT2D eigenvalue weighted by Crippen LogP contribution is -2.60. The third-order valence-electron chi connectivity index (χ3n) is 15.4. The molecule has 13 atom stereocenters. The summed E-state index contributed by atoms with van der Waals surface area (Å²) >= 11 is 0. The van der Waals surface area contributed by atoms with Crippen molar-refractivity contribution in [3.63, 3.8) is 0 Å². The highest BCUT2D eigenvalue weighted by Crippen LogP contribution is 2.89. The Morgan fingerprint density at radius 1 is 1.00 bits per heavy atom. The van der Waals surface area contributed by atoms with Gasteiger partial charge >= 0.3 is 6.09 Å². The van der Waals surface area contributed by atoms with Crippen LogP contribution in [0.15, 0.2) is 0 Å². The van der Waals surface area contributed by atoms with Crippen LogP contribution in [0.3, 0.4) is 0 Å². The monoisotopic (exact) mass is 603 g/mol.